The molecule has 0 saturated heterocycles. The molecule has 7 heteroatoms. The van der Waals surface area contributed by atoms with Crippen LogP contribution in [0.2, 0.25) is 0 Å². The monoisotopic (exact) mass is 244 g/mol. The molecule has 0 unspecified atom stereocenters. The molecule has 0 radical (unpaired) electrons. The highest BCUT2D eigenvalue weighted by molar-refractivity contribution is 7.89. The molecule has 0 aliphatic heterocycles. The minimum absolute atomic E-state index is 0.0813. The van der Waals surface area contributed by atoms with Gasteiger partial charge in [-0.1, -0.05) is 23.3 Å². The second-order valence-electron chi connectivity index (χ2n) is 3.11. The smallest absolute Gasteiger partial charge is 0.323 e. The van der Waals surface area contributed by atoms with Gasteiger partial charge in [0.1, 0.15) is 0 Å². The third-order valence-corrected chi connectivity index (χ3v) is 2.95. The Kier molecular flexibility index (Phi) is 3.99. The zero-order valence-corrected chi connectivity index (χ0v) is 9.67. The summed E-state index contributed by atoms with van der Waals surface area (Å²) in [5.41, 5.74) is 2.80. The fourth-order valence-corrected chi connectivity index (χ4v) is 1.69. The van der Waals surface area contributed by atoms with Gasteiger partial charge in [-0.25, -0.2) is 8.42 Å². The fraction of sp³-hybridized carbons (Fsp3) is 0.222. The van der Waals surface area contributed by atoms with Crippen molar-refractivity contribution in [2.75, 3.05) is 0 Å². The molecule has 16 heavy (non-hydrogen) atoms. The Morgan fingerprint density at radius 2 is 1.81 bits per heavy atom. The molecule has 0 aliphatic carbocycles. The lowest BCUT2D eigenvalue weighted by Gasteiger charge is -2.07. The molecule has 0 atom stereocenters. The lowest BCUT2D eigenvalue weighted by Crippen LogP contribution is -2.38. The molecule has 1 aromatic rings. The number of carbonyl (C=O) groups excluding carboxylic acids is 1. The van der Waals surface area contributed by atoms with Gasteiger partial charge >= 0.3 is 5.97 Å². The first kappa shape index (κ1) is 12.6. The maximum absolute atomic E-state index is 11.6. The van der Waals surface area contributed by atoms with E-state index in [1.54, 1.807) is 12.1 Å². The van der Waals surface area contributed by atoms with Crippen LogP contribution < -0.4 is 10.4 Å². The summed E-state index contributed by atoms with van der Waals surface area (Å²) in [4.78, 5) is 16.6. The van der Waals surface area contributed by atoms with Crippen molar-refractivity contribution in [3.63, 3.8) is 0 Å². The second kappa shape index (κ2) is 5.06. The van der Waals surface area contributed by atoms with Gasteiger partial charge in [-0.2, -0.15) is 0 Å². The predicted octanol–water partition coefficient (Wildman–Crippen LogP) is 0.256. The molecule has 0 amide bonds. The Labute approximate surface area is 93.6 Å². The van der Waals surface area contributed by atoms with Gasteiger partial charge in [-0.05, 0) is 19.1 Å². The molecule has 0 bridgehead atoms. The van der Waals surface area contributed by atoms with Crippen LogP contribution in [0.3, 0.4) is 0 Å². The predicted molar refractivity (Wildman–Crippen MR) is 56.4 cm³/mol. The molecule has 1 rings (SSSR count). The largest absolute Gasteiger partial charge is 0.355 e. The SMILES string of the molecule is CC(=O)ONNS(=O)(=O)c1ccc(C)cc1. The Bertz CT molecular complexity index is 467. The van der Waals surface area contributed by atoms with Crippen molar-refractivity contribution >= 4 is 16.0 Å². The van der Waals surface area contributed by atoms with Crippen molar-refractivity contribution < 1.29 is 18.0 Å². The molecule has 0 spiro atoms. The van der Waals surface area contributed by atoms with Crippen molar-refractivity contribution in [3.8, 4) is 0 Å². The quantitative estimate of drug-likeness (QED) is 0.742. The zero-order valence-electron chi connectivity index (χ0n) is 8.85. The summed E-state index contributed by atoms with van der Waals surface area (Å²) < 4.78 is 23.1. The second-order valence-corrected chi connectivity index (χ2v) is 4.80. The van der Waals surface area contributed by atoms with Gasteiger partial charge in [-0.15, -0.1) is 4.83 Å². The number of hydrogen-bond acceptors (Lipinski definition) is 5. The maximum atomic E-state index is 11.6. The van der Waals surface area contributed by atoms with E-state index >= 15 is 0 Å². The van der Waals surface area contributed by atoms with Crippen molar-refractivity contribution in [1.29, 1.82) is 0 Å². The van der Waals surface area contributed by atoms with Crippen molar-refractivity contribution in [1.82, 2.24) is 10.4 Å². The first-order chi connectivity index (χ1) is 7.42. The topological polar surface area (TPSA) is 84.5 Å². The summed E-state index contributed by atoms with van der Waals surface area (Å²) in [5, 5.41) is 0. The Balaban J connectivity index is 2.71. The highest BCUT2D eigenvalue weighted by Gasteiger charge is 2.13. The normalized spacial score (nSPS) is 11.1. The van der Waals surface area contributed by atoms with Gasteiger partial charge in [0.2, 0.25) is 0 Å². The number of carbonyl (C=O) groups is 1. The van der Waals surface area contributed by atoms with E-state index in [0.29, 0.717) is 0 Å². The van der Waals surface area contributed by atoms with E-state index in [1.807, 2.05) is 17.3 Å². The highest BCUT2D eigenvalue weighted by Crippen LogP contribution is 2.08. The molecule has 0 saturated carbocycles. The van der Waals surface area contributed by atoms with Crippen molar-refractivity contribution in [3.05, 3.63) is 29.8 Å². The summed E-state index contributed by atoms with van der Waals surface area (Å²) in [5.74, 6) is -0.647. The third-order valence-electron chi connectivity index (χ3n) is 1.70. The molecule has 0 heterocycles. The number of benzene rings is 1. The number of hydrogen-bond donors (Lipinski definition) is 2. The Hall–Kier alpha value is -1.44. The van der Waals surface area contributed by atoms with Crippen LogP contribution in [0.1, 0.15) is 12.5 Å². The summed E-state index contributed by atoms with van der Waals surface area (Å²) in [6.07, 6.45) is 0. The van der Waals surface area contributed by atoms with Crippen molar-refractivity contribution in [2.45, 2.75) is 18.7 Å². The van der Waals surface area contributed by atoms with Crippen LogP contribution in [0.15, 0.2) is 29.2 Å². The minimum atomic E-state index is -3.71. The average Bonchev–Trinajstić information content (AvgIpc) is 2.17. The maximum Gasteiger partial charge on any atom is 0.323 e. The standard InChI is InChI=1S/C9H12N2O4S/c1-7-3-5-9(6-4-7)16(13,14)11-10-15-8(2)12/h3-6,10-11H,1-2H3. The Morgan fingerprint density at radius 1 is 1.25 bits per heavy atom. The van der Waals surface area contributed by atoms with Crippen LogP contribution in [0.25, 0.3) is 0 Å². The molecule has 6 nitrogen and oxygen atoms in total. The number of sulfonamides is 1. The molecule has 0 fully saturated rings. The van der Waals surface area contributed by atoms with Gasteiger partial charge in [0.25, 0.3) is 10.0 Å². The molecular formula is C9H12N2O4S. The van der Waals surface area contributed by atoms with Crippen LogP contribution in [-0.2, 0) is 19.7 Å². The lowest BCUT2D eigenvalue weighted by atomic mass is 10.2. The summed E-state index contributed by atoms with van der Waals surface area (Å²) >= 11 is 0. The van der Waals surface area contributed by atoms with Crippen LogP contribution in [0.4, 0.5) is 0 Å². The molecule has 88 valence electrons. The highest BCUT2D eigenvalue weighted by atomic mass is 32.2. The van der Waals surface area contributed by atoms with Gasteiger partial charge in [-0.3, -0.25) is 4.79 Å². The van der Waals surface area contributed by atoms with Gasteiger partial charge < -0.3 is 4.84 Å². The molecule has 0 aromatic heterocycles. The zero-order chi connectivity index (χ0) is 12.2. The average molecular weight is 244 g/mol. The van der Waals surface area contributed by atoms with Crippen LogP contribution >= 0.6 is 0 Å². The number of nitrogens with one attached hydrogen (secondary N) is 2. The molecule has 0 aliphatic rings. The van der Waals surface area contributed by atoms with Crippen LogP contribution in [-0.4, -0.2) is 14.4 Å². The molecular weight excluding hydrogens is 232 g/mol. The van der Waals surface area contributed by atoms with Crippen LogP contribution in [0.5, 0.6) is 0 Å². The number of aryl methyl sites for hydroxylation is 1. The minimum Gasteiger partial charge on any atom is -0.355 e. The van der Waals surface area contributed by atoms with Crippen LogP contribution in [0, 0.1) is 6.92 Å². The molecule has 2 N–H and O–H groups in total. The van der Waals surface area contributed by atoms with E-state index < -0.39 is 16.0 Å². The summed E-state index contributed by atoms with van der Waals surface area (Å²) in [7, 11) is -3.71. The Morgan fingerprint density at radius 3 is 2.31 bits per heavy atom. The van der Waals surface area contributed by atoms with Crippen molar-refractivity contribution in [2.24, 2.45) is 0 Å². The third kappa shape index (κ3) is 3.61. The van der Waals surface area contributed by atoms with E-state index in [1.165, 1.54) is 12.1 Å². The van der Waals surface area contributed by atoms with E-state index in [0.717, 1.165) is 12.5 Å². The number of rotatable bonds is 4. The lowest BCUT2D eigenvalue weighted by molar-refractivity contribution is -0.149. The van der Waals surface area contributed by atoms with Gasteiger partial charge in [0.15, 0.2) is 0 Å². The van der Waals surface area contributed by atoms with E-state index in [9.17, 15) is 13.2 Å². The summed E-state index contributed by atoms with van der Waals surface area (Å²) in [6.45, 7) is 2.99. The van der Waals surface area contributed by atoms with E-state index in [2.05, 4.69) is 4.84 Å². The first-order valence-corrected chi connectivity index (χ1v) is 5.91. The first-order valence-electron chi connectivity index (χ1n) is 4.43. The molecule has 1 aromatic carbocycles. The van der Waals surface area contributed by atoms with Gasteiger partial charge in [0, 0.05) is 6.92 Å². The summed E-state index contributed by atoms with van der Waals surface area (Å²) in [6, 6.07) is 6.24. The van der Waals surface area contributed by atoms with Gasteiger partial charge in [0.05, 0.1) is 4.90 Å². The van der Waals surface area contributed by atoms with E-state index in [4.69, 9.17) is 0 Å². The van der Waals surface area contributed by atoms with E-state index in [-0.39, 0.29) is 4.90 Å². The number of hydrazine groups is 1. The fourth-order valence-electron chi connectivity index (χ4n) is 0.924.